The summed E-state index contributed by atoms with van der Waals surface area (Å²) >= 11 is 1.72. The highest BCUT2D eigenvalue weighted by molar-refractivity contribution is 7.07. The van der Waals surface area contributed by atoms with Crippen molar-refractivity contribution in [3.8, 4) is 0 Å². The zero-order chi connectivity index (χ0) is 11.4. The van der Waals surface area contributed by atoms with Crippen molar-refractivity contribution in [1.82, 2.24) is 4.90 Å². The number of hydrogen-bond donors (Lipinski definition) is 1. The number of piperidine rings is 1. The number of hydrogen-bond acceptors (Lipinski definition) is 3. The van der Waals surface area contributed by atoms with E-state index in [1.165, 1.54) is 5.56 Å². The maximum Gasteiger partial charge on any atom is 0.303 e. The number of thiophene rings is 1. The lowest BCUT2D eigenvalue weighted by molar-refractivity contribution is -0.138. The Morgan fingerprint density at radius 2 is 2.50 bits per heavy atom. The van der Waals surface area contributed by atoms with E-state index in [0.29, 0.717) is 12.3 Å². The second-order valence-corrected chi connectivity index (χ2v) is 5.25. The van der Waals surface area contributed by atoms with Gasteiger partial charge in [0.15, 0.2) is 0 Å². The molecule has 4 heteroatoms. The van der Waals surface area contributed by atoms with Gasteiger partial charge in [0.2, 0.25) is 0 Å². The number of carbonyl (C=O) groups is 1. The third-order valence-electron chi connectivity index (χ3n) is 3.05. The zero-order valence-corrected chi connectivity index (χ0v) is 10.1. The first-order valence-electron chi connectivity index (χ1n) is 5.69. The molecule has 1 aromatic rings. The summed E-state index contributed by atoms with van der Waals surface area (Å²) in [6.45, 7) is 3.01. The van der Waals surface area contributed by atoms with Crippen LogP contribution in [0, 0.1) is 5.92 Å². The first kappa shape index (κ1) is 11.6. The van der Waals surface area contributed by atoms with E-state index in [1.54, 1.807) is 11.3 Å². The van der Waals surface area contributed by atoms with Gasteiger partial charge in [-0.2, -0.15) is 11.3 Å². The zero-order valence-electron chi connectivity index (χ0n) is 9.26. The number of carboxylic acid groups (broad SMARTS) is 1. The Morgan fingerprint density at radius 3 is 3.19 bits per heavy atom. The molecule has 1 aromatic heterocycles. The molecule has 0 saturated carbocycles. The van der Waals surface area contributed by atoms with Crippen molar-refractivity contribution >= 4 is 17.3 Å². The third-order valence-corrected chi connectivity index (χ3v) is 3.78. The van der Waals surface area contributed by atoms with Crippen LogP contribution in [0.2, 0.25) is 0 Å². The summed E-state index contributed by atoms with van der Waals surface area (Å²) in [6, 6.07) is 2.14. The van der Waals surface area contributed by atoms with Crippen LogP contribution in [0.25, 0.3) is 0 Å². The summed E-state index contributed by atoms with van der Waals surface area (Å²) in [5, 5.41) is 13.1. The van der Waals surface area contributed by atoms with Crippen LogP contribution < -0.4 is 0 Å². The summed E-state index contributed by atoms with van der Waals surface area (Å²) in [5.74, 6) is -0.327. The summed E-state index contributed by atoms with van der Waals surface area (Å²) in [6.07, 6.45) is 2.51. The molecule has 16 heavy (non-hydrogen) atoms. The Hall–Kier alpha value is -0.870. The van der Waals surface area contributed by atoms with Crippen LogP contribution in [0.5, 0.6) is 0 Å². The van der Waals surface area contributed by atoms with Crippen molar-refractivity contribution in [3.05, 3.63) is 22.4 Å². The van der Waals surface area contributed by atoms with Gasteiger partial charge in [-0.3, -0.25) is 9.69 Å². The molecule has 0 radical (unpaired) electrons. The fourth-order valence-corrected chi connectivity index (χ4v) is 3.01. The lowest BCUT2D eigenvalue weighted by Crippen LogP contribution is -2.35. The molecule has 0 spiro atoms. The van der Waals surface area contributed by atoms with Crippen LogP contribution >= 0.6 is 11.3 Å². The van der Waals surface area contributed by atoms with Gasteiger partial charge in [0.1, 0.15) is 0 Å². The fourth-order valence-electron chi connectivity index (χ4n) is 2.35. The Balaban J connectivity index is 1.84. The standard InChI is InChI=1S/C12H17NO2S/c14-12(15)6-10-2-1-4-13(7-10)8-11-3-5-16-9-11/h3,5,9-10H,1-2,4,6-8H2,(H,14,15). The van der Waals surface area contributed by atoms with Crippen molar-refractivity contribution in [3.63, 3.8) is 0 Å². The SMILES string of the molecule is O=C(O)CC1CCCN(Cc2ccsc2)C1. The molecule has 0 amide bonds. The Labute approximate surface area is 99.7 Å². The minimum absolute atomic E-state index is 0.320. The highest BCUT2D eigenvalue weighted by atomic mass is 32.1. The van der Waals surface area contributed by atoms with E-state index in [2.05, 4.69) is 21.7 Å². The molecule has 1 fully saturated rings. The van der Waals surface area contributed by atoms with Gasteiger partial charge in [0.05, 0.1) is 0 Å². The summed E-state index contributed by atoms with van der Waals surface area (Å²) in [5.41, 5.74) is 1.35. The van der Waals surface area contributed by atoms with Crippen molar-refractivity contribution < 1.29 is 9.90 Å². The first-order valence-corrected chi connectivity index (χ1v) is 6.63. The monoisotopic (exact) mass is 239 g/mol. The molecule has 88 valence electrons. The highest BCUT2D eigenvalue weighted by Gasteiger charge is 2.21. The van der Waals surface area contributed by atoms with Gasteiger partial charge in [-0.15, -0.1) is 0 Å². The number of aliphatic carboxylic acids is 1. The quantitative estimate of drug-likeness (QED) is 0.877. The lowest BCUT2D eigenvalue weighted by atomic mass is 9.95. The minimum Gasteiger partial charge on any atom is -0.481 e. The molecule has 3 nitrogen and oxygen atoms in total. The van der Waals surface area contributed by atoms with Gasteiger partial charge < -0.3 is 5.11 Å². The molecule has 1 N–H and O–H groups in total. The number of rotatable bonds is 4. The smallest absolute Gasteiger partial charge is 0.303 e. The van der Waals surface area contributed by atoms with Gasteiger partial charge in [0.25, 0.3) is 0 Å². The number of likely N-dealkylation sites (tertiary alicyclic amines) is 1. The molecule has 0 aromatic carbocycles. The van der Waals surface area contributed by atoms with Crippen LogP contribution in [0.3, 0.4) is 0 Å². The van der Waals surface area contributed by atoms with Crippen LogP contribution in [0.15, 0.2) is 16.8 Å². The molecular weight excluding hydrogens is 222 g/mol. The average Bonchev–Trinajstić information content (AvgIpc) is 2.70. The second kappa shape index (κ2) is 5.46. The van der Waals surface area contributed by atoms with E-state index in [4.69, 9.17) is 5.11 Å². The molecule has 1 atom stereocenters. The number of carboxylic acids is 1. The molecule has 1 aliphatic rings. The molecule has 2 heterocycles. The van der Waals surface area contributed by atoms with Gasteiger partial charge in [-0.1, -0.05) is 0 Å². The molecule has 0 aliphatic carbocycles. The molecular formula is C12H17NO2S. The fraction of sp³-hybridized carbons (Fsp3) is 0.583. The van der Waals surface area contributed by atoms with Gasteiger partial charge in [0, 0.05) is 19.5 Å². The normalized spacial score (nSPS) is 22.1. The Morgan fingerprint density at radius 1 is 1.62 bits per heavy atom. The van der Waals surface area contributed by atoms with Crippen LogP contribution in [-0.4, -0.2) is 29.1 Å². The topological polar surface area (TPSA) is 40.5 Å². The number of nitrogens with zero attached hydrogens (tertiary/aromatic N) is 1. The maximum absolute atomic E-state index is 10.7. The van der Waals surface area contributed by atoms with Crippen LogP contribution in [0.1, 0.15) is 24.8 Å². The lowest BCUT2D eigenvalue weighted by Gasteiger charge is -2.31. The molecule has 2 rings (SSSR count). The van der Waals surface area contributed by atoms with Crippen molar-refractivity contribution in [2.24, 2.45) is 5.92 Å². The molecule has 0 bridgehead atoms. The second-order valence-electron chi connectivity index (χ2n) is 4.47. The van der Waals surface area contributed by atoms with E-state index in [1.807, 2.05) is 0 Å². The van der Waals surface area contributed by atoms with E-state index >= 15 is 0 Å². The van der Waals surface area contributed by atoms with E-state index < -0.39 is 5.97 Å². The van der Waals surface area contributed by atoms with Gasteiger partial charge in [-0.25, -0.2) is 0 Å². The largest absolute Gasteiger partial charge is 0.481 e. The van der Waals surface area contributed by atoms with E-state index in [9.17, 15) is 4.79 Å². The van der Waals surface area contributed by atoms with Crippen LogP contribution in [0.4, 0.5) is 0 Å². The first-order chi connectivity index (χ1) is 7.74. The minimum atomic E-state index is -0.664. The molecule has 1 unspecified atom stereocenters. The maximum atomic E-state index is 10.7. The van der Waals surface area contributed by atoms with Gasteiger partial charge in [-0.05, 0) is 47.7 Å². The van der Waals surface area contributed by atoms with Crippen molar-refractivity contribution in [1.29, 1.82) is 0 Å². The summed E-state index contributed by atoms with van der Waals surface area (Å²) < 4.78 is 0. The highest BCUT2D eigenvalue weighted by Crippen LogP contribution is 2.21. The summed E-state index contributed by atoms with van der Waals surface area (Å²) in [4.78, 5) is 13.0. The predicted molar refractivity (Wildman–Crippen MR) is 64.6 cm³/mol. The average molecular weight is 239 g/mol. The Bertz CT molecular complexity index is 337. The molecule has 1 aliphatic heterocycles. The Kier molecular flexibility index (Phi) is 3.96. The predicted octanol–water partition coefficient (Wildman–Crippen LogP) is 2.43. The van der Waals surface area contributed by atoms with E-state index in [0.717, 1.165) is 32.5 Å². The van der Waals surface area contributed by atoms with E-state index in [-0.39, 0.29) is 0 Å². The van der Waals surface area contributed by atoms with Crippen LogP contribution in [-0.2, 0) is 11.3 Å². The molecule has 1 saturated heterocycles. The van der Waals surface area contributed by atoms with Crippen molar-refractivity contribution in [2.45, 2.75) is 25.8 Å². The third kappa shape index (κ3) is 3.32. The van der Waals surface area contributed by atoms with Gasteiger partial charge >= 0.3 is 5.97 Å². The van der Waals surface area contributed by atoms with Crippen molar-refractivity contribution in [2.75, 3.05) is 13.1 Å². The summed E-state index contributed by atoms with van der Waals surface area (Å²) in [7, 11) is 0.